The maximum Gasteiger partial charge on any atom is 0.408 e. The number of sulfonamides is 1. The number of carbonyl (C=O) groups is 1. The number of pyridine rings is 1. The van der Waals surface area contributed by atoms with Gasteiger partial charge >= 0.3 is 6.09 Å². The molecule has 2 aliphatic carbocycles. The normalized spacial score (nSPS) is 20.6. The maximum atomic E-state index is 14.3. The number of benzene rings is 1. The highest BCUT2D eigenvalue weighted by molar-refractivity contribution is 7.89. The van der Waals surface area contributed by atoms with Crippen molar-refractivity contribution < 1.29 is 32.2 Å². The van der Waals surface area contributed by atoms with Gasteiger partial charge < -0.3 is 19.9 Å². The van der Waals surface area contributed by atoms with Crippen LogP contribution in [0.2, 0.25) is 0 Å². The third kappa shape index (κ3) is 8.13. The summed E-state index contributed by atoms with van der Waals surface area (Å²) in [7, 11) is -4.17. The summed E-state index contributed by atoms with van der Waals surface area (Å²) in [4.78, 5) is 17.4. The molecule has 1 amide bonds. The number of alkyl carbamates (subject to hydrolysis) is 1. The molecule has 3 unspecified atom stereocenters. The molecule has 0 aliphatic heterocycles. The largest absolute Gasteiger partial charge is 0.444 e. The van der Waals surface area contributed by atoms with Gasteiger partial charge in [-0.15, -0.1) is 0 Å². The number of hydrogen-bond acceptors (Lipinski definition) is 8. The lowest BCUT2D eigenvalue weighted by molar-refractivity contribution is -0.185. The van der Waals surface area contributed by atoms with Gasteiger partial charge in [0.2, 0.25) is 16.4 Å². The highest BCUT2D eigenvalue weighted by Gasteiger charge is 2.39. The van der Waals surface area contributed by atoms with Crippen molar-refractivity contribution in [3.63, 3.8) is 0 Å². The van der Waals surface area contributed by atoms with Crippen molar-refractivity contribution in [1.82, 2.24) is 20.3 Å². The van der Waals surface area contributed by atoms with Crippen molar-refractivity contribution in [2.24, 2.45) is 0 Å². The molecule has 4 rings (SSSR count). The first-order chi connectivity index (χ1) is 18.7. The van der Waals surface area contributed by atoms with Gasteiger partial charge in [0, 0.05) is 41.2 Å². The molecule has 2 aromatic rings. The Balaban J connectivity index is 1.85. The van der Waals surface area contributed by atoms with E-state index < -0.39 is 58.0 Å². The minimum absolute atomic E-state index is 0.0251. The molecule has 1 aromatic carbocycles. The first kappa shape index (κ1) is 31.6. The minimum atomic E-state index is -4.17. The van der Waals surface area contributed by atoms with Crippen LogP contribution in [0, 0.1) is 0 Å². The van der Waals surface area contributed by atoms with Crippen molar-refractivity contribution in [2.75, 3.05) is 6.54 Å². The predicted octanol–water partition coefficient (Wildman–Crippen LogP) is 4.83. The summed E-state index contributed by atoms with van der Waals surface area (Å²) in [5, 5.41) is 17.7. The molecular weight excluding hydrogens is 551 g/mol. The Morgan fingerprint density at radius 3 is 2.29 bits per heavy atom. The molecule has 0 spiro atoms. The lowest BCUT2D eigenvalue weighted by Crippen LogP contribution is -2.40. The van der Waals surface area contributed by atoms with Crippen LogP contribution in [0.15, 0.2) is 23.2 Å². The zero-order valence-electron chi connectivity index (χ0n) is 25.1. The molecule has 2 aliphatic rings. The van der Waals surface area contributed by atoms with Crippen molar-refractivity contribution in [2.45, 2.75) is 121 Å². The Bertz CT molecular complexity index is 1410. The van der Waals surface area contributed by atoms with Crippen LogP contribution >= 0.6 is 0 Å². The van der Waals surface area contributed by atoms with E-state index in [9.17, 15) is 22.7 Å². The molecule has 0 saturated heterocycles. The van der Waals surface area contributed by atoms with Gasteiger partial charge in [-0.3, -0.25) is 10.3 Å². The Morgan fingerprint density at radius 1 is 1.07 bits per heavy atom. The molecule has 1 heterocycles. The zero-order valence-corrected chi connectivity index (χ0v) is 25.9. The molecule has 1 saturated carbocycles. The molecule has 12 heteroatoms. The Kier molecular flexibility index (Phi) is 8.49. The van der Waals surface area contributed by atoms with Crippen molar-refractivity contribution in [1.29, 1.82) is 0 Å². The van der Waals surface area contributed by atoms with E-state index >= 15 is 0 Å². The Morgan fingerprint density at radius 2 is 1.73 bits per heavy atom. The summed E-state index contributed by atoms with van der Waals surface area (Å²) in [5.41, 5.74) is -1.13. The first-order valence-electron chi connectivity index (χ1n) is 14.0. The minimum Gasteiger partial charge on any atom is -0.444 e. The third-order valence-corrected chi connectivity index (χ3v) is 8.18. The molecule has 41 heavy (non-hydrogen) atoms. The number of aliphatic hydroxyl groups is 1. The number of halogens is 1. The molecule has 0 bridgehead atoms. The van der Waals surface area contributed by atoms with Crippen LogP contribution in [0.5, 0.6) is 0 Å². The Labute approximate surface area is 241 Å². The second kappa shape index (κ2) is 11.0. The lowest BCUT2D eigenvalue weighted by atomic mass is 9.98. The number of alkyl halides is 1. The van der Waals surface area contributed by atoms with Gasteiger partial charge in [0.15, 0.2) is 0 Å². The number of carbonyl (C=O) groups excluding carboxylic acids is 1. The SMILES string of the molecule is CC(C)(F)CNS(=O)(=O)c1cc2c(c3cnc(C4CC4)cc13)C(NC(O)OC(C)(C)C)CC2NC(=O)OC(C)(C)C. The average molecular weight is 595 g/mol. The van der Waals surface area contributed by atoms with Crippen LogP contribution in [0.1, 0.15) is 109 Å². The van der Waals surface area contributed by atoms with Gasteiger partial charge in [-0.25, -0.2) is 22.3 Å². The molecule has 228 valence electrons. The van der Waals surface area contributed by atoms with Gasteiger partial charge in [-0.1, -0.05) is 0 Å². The number of rotatable bonds is 9. The van der Waals surface area contributed by atoms with Gasteiger partial charge in [0.25, 0.3) is 0 Å². The number of amides is 1. The summed E-state index contributed by atoms with van der Waals surface area (Å²) < 4.78 is 55.2. The maximum absolute atomic E-state index is 14.3. The van der Waals surface area contributed by atoms with E-state index in [4.69, 9.17) is 9.47 Å². The fourth-order valence-electron chi connectivity index (χ4n) is 4.95. The quantitative estimate of drug-likeness (QED) is 0.303. The van der Waals surface area contributed by atoms with Gasteiger partial charge in [-0.2, -0.15) is 0 Å². The standard InChI is InChI=1S/C29H43FN4O6S/c1-27(2,3)39-25(35)33-21-13-22(34-26(36)40-28(4,5)6)24-18(21)12-23(41(37,38)32-15-29(7,8)30)17-11-20(16-9-10-16)31-14-19(17)24/h11-12,14,16,21-22,26,32,34,36H,9-10,13,15H2,1-8H3,(H,33,35). The molecule has 3 atom stereocenters. The highest BCUT2D eigenvalue weighted by Crippen LogP contribution is 2.47. The second-order valence-corrected chi connectivity index (χ2v) is 15.3. The molecule has 1 aromatic heterocycles. The monoisotopic (exact) mass is 594 g/mol. The van der Waals surface area contributed by atoms with Crippen LogP contribution < -0.4 is 15.4 Å². The van der Waals surface area contributed by atoms with Crippen molar-refractivity contribution >= 4 is 26.9 Å². The highest BCUT2D eigenvalue weighted by atomic mass is 32.2. The molecular formula is C29H43FN4O6S. The summed E-state index contributed by atoms with van der Waals surface area (Å²) >= 11 is 0. The van der Waals surface area contributed by atoms with Gasteiger partial charge in [0.1, 0.15) is 11.3 Å². The van der Waals surface area contributed by atoms with Crippen molar-refractivity contribution in [3.05, 3.63) is 35.2 Å². The number of ether oxygens (including phenoxy) is 2. The van der Waals surface area contributed by atoms with E-state index in [2.05, 4.69) is 20.3 Å². The summed E-state index contributed by atoms with van der Waals surface area (Å²) in [6.07, 6.45) is 1.89. The van der Waals surface area contributed by atoms with E-state index in [1.165, 1.54) is 19.9 Å². The van der Waals surface area contributed by atoms with Crippen LogP contribution in [0.25, 0.3) is 10.8 Å². The van der Waals surface area contributed by atoms with E-state index in [-0.39, 0.29) is 17.2 Å². The van der Waals surface area contributed by atoms with Gasteiger partial charge in [-0.05, 0) is 97.9 Å². The van der Waals surface area contributed by atoms with Crippen molar-refractivity contribution in [3.8, 4) is 0 Å². The average Bonchev–Trinajstić information content (AvgIpc) is 3.58. The van der Waals surface area contributed by atoms with E-state index in [0.29, 0.717) is 21.9 Å². The van der Waals surface area contributed by atoms with Crippen LogP contribution in [-0.2, 0) is 19.5 Å². The molecule has 1 fully saturated rings. The van der Waals surface area contributed by atoms with Crippen LogP contribution in [0.3, 0.4) is 0 Å². The molecule has 10 nitrogen and oxygen atoms in total. The number of nitrogens with zero attached hydrogens (tertiary/aromatic N) is 1. The lowest BCUT2D eigenvalue weighted by Gasteiger charge is -2.27. The van der Waals surface area contributed by atoms with E-state index in [1.54, 1.807) is 33.0 Å². The number of aromatic nitrogens is 1. The second-order valence-electron chi connectivity index (χ2n) is 13.6. The summed E-state index contributed by atoms with van der Waals surface area (Å²) in [6.45, 7) is 12.9. The number of hydrogen-bond donors (Lipinski definition) is 4. The number of fused-ring (bicyclic) bond motifs is 3. The topological polar surface area (TPSA) is 139 Å². The smallest absolute Gasteiger partial charge is 0.408 e. The zero-order chi connectivity index (χ0) is 30.5. The predicted molar refractivity (Wildman–Crippen MR) is 154 cm³/mol. The molecule has 0 radical (unpaired) electrons. The van der Waals surface area contributed by atoms with E-state index in [0.717, 1.165) is 18.5 Å². The summed E-state index contributed by atoms with van der Waals surface area (Å²) in [6, 6.07) is 2.14. The third-order valence-electron chi connectivity index (χ3n) is 6.74. The van der Waals surface area contributed by atoms with Crippen LogP contribution in [0.4, 0.5) is 9.18 Å². The summed E-state index contributed by atoms with van der Waals surface area (Å²) in [5.74, 6) is 0.262. The van der Waals surface area contributed by atoms with E-state index in [1.807, 2.05) is 20.8 Å². The Hall–Kier alpha value is -2.38. The molecule has 4 N–H and O–H groups in total. The number of aliphatic hydroxyl groups excluding tert-OH is 1. The number of nitrogens with one attached hydrogen (secondary N) is 3. The first-order valence-corrected chi connectivity index (χ1v) is 15.5. The van der Waals surface area contributed by atoms with Crippen LogP contribution in [-0.4, -0.2) is 54.4 Å². The van der Waals surface area contributed by atoms with Gasteiger partial charge in [0.05, 0.1) is 16.5 Å². The fourth-order valence-corrected chi connectivity index (χ4v) is 6.38. The fraction of sp³-hybridized carbons (Fsp3) is 0.655.